The second-order valence-electron chi connectivity index (χ2n) is 8.82. The van der Waals surface area contributed by atoms with Crippen molar-refractivity contribution in [2.24, 2.45) is 34.5 Å². The minimum Gasteiger partial charge on any atom is -0.299 e. The van der Waals surface area contributed by atoms with Crippen molar-refractivity contribution in [2.45, 2.75) is 78.1 Å². The minimum absolute atomic E-state index is 0.0685. The number of fused-ring (bicyclic) bond motifs is 5. The van der Waals surface area contributed by atoms with Crippen LogP contribution in [0.2, 0.25) is 0 Å². The molecule has 1 heteroatoms. The van der Waals surface area contributed by atoms with Gasteiger partial charge < -0.3 is 0 Å². The van der Waals surface area contributed by atoms with Gasteiger partial charge >= 0.3 is 0 Å². The molecular formula is C19H30O. The number of carbonyl (C=O) groups is 1. The topological polar surface area (TPSA) is 17.1 Å². The number of hydrogen-bond donors (Lipinski definition) is 0. The molecule has 0 aromatic carbocycles. The molecule has 0 aromatic heterocycles. The molecule has 4 aliphatic rings. The average Bonchev–Trinajstić information content (AvgIpc) is 2.74. The Labute approximate surface area is 123 Å². The van der Waals surface area contributed by atoms with Crippen molar-refractivity contribution in [1.29, 1.82) is 0 Å². The fourth-order valence-corrected chi connectivity index (χ4v) is 7.07. The molecule has 112 valence electrons. The van der Waals surface area contributed by atoms with Crippen LogP contribution in [0.15, 0.2) is 0 Å². The van der Waals surface area contributed by atoms with E-state index in [0.29, 0.717) is 11.2 Å². The standard InChI is InChI=1S/C19H30O/c1-18-11-4-3-5-13(18)6-7-14-15-8-9-17(20)19(15,2)12-10-16(14)18/h13-16H,3-12H2,1-2H3/t13-,14-,15-,16+,18-,19+/m1/s1. The Bertz CT molecular complexity index is 427. The molecule has 0 amide bonds. The first-order chi connectivity index (χ1) is 9.56. The third-order valence-corrected chi connectivity index (χ3v) is 8.29. The van der Waals surface area contributed by atoms with Gasteiger partial charge in [0.25, 0.3) is 0 Å². The molecule has 4 saturated carbocycles. The van der Waals surface area contributed by atoms with Crippen molar-refractivity contribution in [3.63, 3.8) is 0 Å². The number of rotatable bonds is 0. The largest absolute Gasteiger partial charge is 0.299 e. The second-order valence-corrected chi connectivity index (χ2v) is 8.82. The minimum atomic E-state index is 0.0685. The van der Waals surface area contributed by atoms with E-state index in [-0.39, 0.29) is 5.41 Å². The number of Topliss-reactive ketones (excluding diaryl/α,β-unsaturated/α-hetero) is 1. The Morgan fingerprint density at radius 2 is 1.75 bits per heavy atom. The van der Waals surface area contributed by atoms with Crippen LogP contribution in [0, 0.1) is 34.5 Å². The van der Waals surface area contributed by atoms with Crippen LogP contribution in [-0.2, 0) is 4.79 Å². The SMILES string of the molecule is C[C@@]12CCCC[C@@H]1CC[C@@H]1[C@H]3CCC(=O)[C@@]3(C)CC[C@@H]12. The Hall–Kier alpha value is -0.330. The van der Waals surface area contributed by atoms with Crippen LogP contribution < -0.4 is 0 Å². The molecule has 0 N–H and O–H groups in total. The summed E-state index contributed by atoms with van der Waals surface area (Å²) in [5, 5.41) is 0. The lowest BCUT2D eigenvalue weighted by molar-refractivity contribution is -0.138. The summed E-state index contributed by atoms with van der Waals surface area (Å²) in [6.07, 6.45) is 13.4. The summed E-state index contributed by atoms with van der Waals surface area (Å²) in [5.41, 5.74) is 0.688. The van der Waals surface area contributed by atoms with Crippen molar-refractivity contribution >= 4 is 5.78 Å². The van der Waals surface area contributed by atoms with Crippen molar-refractivity contribution in [3.8, 4) is 0 Å². The molecule has 4 rings (SSSR count). The molecule has 1 nitrogen and oxygen atoms in total. The fraction of sp³-hybridized carbons (Fsp3) is 0.947. The third kappa shape index (κ3) is 1.58. The van der Waals surface area contributed by atoms with E-state index in [4.69, 9.17) is 0 Å². The molecule has 4 aliphatic carbocycles. The quantitative estimate of drug-likeness (QED) is 0.608. The molecule has 0 spiro atoms. The normalized spacial score (nSPS) is 55.0. The van der Waals surface area contributed by atoms with E-state index in [2.05, 4.69) is 13.8 Å². The number of hydrogen-bond acceptors (Lipinski definition) is 1. The van der Waals surface area contributed by atoms with Gasteiger partial charge in [0.05, 0.1) is 0 Å². The highest BCUT2D eigenvalue weighted by atomic mass is 16.1. The molecule has 20 heavy (non-hydrogen) atoms. The molecule has 4 fully saturated rings. The van der Waals surface area contributed by atoms with Gasteiger partial charge in [0, 0.05) is 11.8 Å². The summed E-state index contributed by atoms with van der Waals surface area (Å²) in [7, 11) is 0. The zero-order valence-corrected chi connectivity index (χ0v) is 13.3. The number of ketones is 1. The molecule has 0 aliphatic heterocycles. The van der Waals surface area contributed by atoms with Crippen molar-refractivity contribution in [1.82, 2.24) is 0 Å². The van der Waals surface area contributed by atoms with E-state index in [1.165, 1.54) is 57.8 Å². The predicted molar refractivity (Wildman–Crippen MR) is 81.4 cm³/mol. The lowest BCUT2D eigenvalue weighted by Crippen LogP contribution is -2.52. The zero-order chi connectivity index (χ0) is 14.0. The van der Waals surface area contributed by atoms with Crippen LogP contribution in [0.5, 0.6) is 0 Å². The highest BCUT2D eigenvalue weighted by Gasteiger charge is 2.59. The van der Waals surface area contributed by atoms with Gasteiger partial charge in [-0.05, 0) is 74.0 Å². The maximum Gasteiger partial charge on any atom is 0.139 e. The summed E-state index contributed by atoms with van der Waals surface area (Å²) < 4.78 is 0. The van der Waals surface area contributed by atoms with Gasteiger partial charge in [0.2, 0.25) is 0 Å². The fourth-order valence-electron chi connectivity index (χ4n) is 7.07. The third-order valence-electron chi connectivity index (χ3n) is 8.29. The first-order valence-corrected chi connectivity index (χ1v) is 9.09. The van der Waals surface area contributed by atoms with Gasteiger partial charge in [-0.3, -0.25) is 4.79 Å². The second kappa shape index (κ2) is 4.34. The Morgan fingerprint density at radius 3 is 2.60 bits per heavy atom. The van der Waals surface area contributed by atoms with Gasteiger partial charge in [0.1, 0.15) is 5.78 Å². The van der Waals surface area contributed by atoms with E-state index in [1.54, 1.807) is 0 Å². The molecule has 0 bridgehead atoms. The highest BCUT2D eigenvalue weighted by molar-refractivity contribution is 5.87. The van der Waals surface area contributed by atoms with E-state index in [1.807, 2.05) is 0 Å². The van der Waals surface area contributed by atoms with Crippen LogP contribution >= 0.6 is 0 Å². The van der Waals surface area contributed by atoms with Crippen molar-refractivity contribution in [3.05, 3.63) is 0 Å². The Balaban J connectivity index is 1.66. The summed E-state index contributed by atoms with van der Waals surface area (Å²) in [4.78, 5) is 12.4. The van der Waals surface area contributed by atoms with Gasteiger partial charge in [-0.25, -0.2) is 0 Å². The molecule has 0 unspecified atom stereocenters. The van der Waals surface area contributed by atoms with Gasteiger partial charge in [0.15, 0.2) is 0 Å². The molecule has 6 atom stereocenters. The van der Waals surface area contributed by atoms with Gasteiger partial charge in [-0.15, -0.1) is 0 Å². The molecule has 0 aromatic rings. The Kier molecular flexibility index (Phi) is 2.89. The monoisotopic (exact) mass is 274 g/mol. The predicted octanol–water partition coefficient (Wildman–Crippen LogP) is 4.99. The van der Waals surface area contributed by atoms with E-state index in [9.17, 15) is 4.79 Å². The van der Waals surface area contributed by atoms with E-state index < -0.39 is 0 Å². The van der Waals surface area contributed by atoms with Crippen LogP contribution in [0.4, 0.5) is 0 Å². The Morgan fingerprint density at radius 1 is 0.900 bits per heavy atom. The lowest BCUT2D eigenvalue weighted by Gasteiger charge is -2.59. The molecule has 0 saturated heterocycles. The van der Waals surface area contributed by atoms with E-state index in [0.717, 1.165) is 30.1 Å². The summed E-state index contributed by atoms with van der Waals surface area (Å²) in [6.45, 7) is 4.92. The van der Waals surface area contributed by atoms with Crippen LogP contribution in [-0.4, -0.2) is 5.78 Å². The smallest absolute Gasteiger partial charge is 0.139 e. The van der Waals surface area contributed by atoms with Crippen molar-refractivity contribution < 1.29 is 4.79 Å². The first-order valence-electron chi connectivity index (χ1n) is 9.09. The summed E-state index contributed by atoms with van der Waals surface area (Å²) in [6, 6.07) is 0. The first kappa shape index (κ1) is 13.3. The van der Waals surface area contributed by atoms with Gasteiger partial charge in [-0.2, -0.15) is 0 Å². The molecule has 0 heterocycles. The highest BCUT2D eigenvalue weighted by Crippen LogP contribution is 2.65. The van der Waals surface area contributed by atoms with Crippen molar-refractivity contribution in [2.75, 3.05) is 0 Å². The molecule has 0 radical (unpaired) electrons. The average molecular weight is 274 g/mol. The molecular weight excluding hydrogens is 244 g/mol. The van der Waals surface area contributed by atoms with Gasteiger partial charge in [-0.1, -0.05) is 26.7 Å². The summed E-state index contributed by atoms with van der Waals surface area (Å²) >= 11 is 0. The van der Waals surface area contributed by atoms with Crippen LogP contribution in [0.25, 0.3) is 0 Å². The van der Waals surface area contributed by atoms with Crippen LogP contribution in [0.1, 0.15) is 78.1 Å². The van der Waals surface area contributed by atoms with Crippen LogP contribution in [0.3, 0.4) is 0 Å². The summed E-state index contributed by atoms with van der Waals surface area (Å²) in [5.74, 6) is 4.13. The maximum absolute atomic E-state index is 12.4. The van der Waals surface area contributed by atoms with E-state index >= 15 is 0 Å². The maximum atomic E-state index is 12.4. The zero-order valence-electron chi connectivity index (χ0n) is 13.3. The lowest BCUT2D eigenvalue weighted by atomic mass is 9.45. The number of carbonyl (C=O) groups excluding carboxylic acids is 1.